The normalized spacial score (nSPS) is 10.3. The molecule has 24 heavy (non-hydrogen) atoms. The molecular formula is C17H17ClN2O4. The Morgan fingerprint density at radius 3 is 2.67 bits per heavy atom. The van der Waals surface area contributed by atoms with Gasteiger partial charge in [-0.3, -0.25) is 14.9 Å². The smallest absolute Gasteiger partial charge is 0.269 e. The second-order valence-electron chi connectivity index (χ2n) is 5.12. The number of halogens is 1. The summed E-state index contributed by atoms with van der Waals surface area (Å²) in [5.74, 6) is 0.253. The van der Waals surface area contributed by atoms with Gasteiger partial charge in [-0.25, -0.2) is 0 Å². The fourth-order valence-corrected chi connectivity index (χ4v) is 2.43. The molecule has 2 aromatic rings. The molecule has 126 valence electrons. The first-order valence-corrected chi connectivity index (χ1v) is 7.72. The second kappa shape index (κ2) is 7.79. The van der Waals surface area contributed by atoms with Crippen LogP contribution in [0.25, 0.3) is 0 Å². The maximum absolute atomic E-state index is 12.6. The van der Waals surface area contributed by atoms with E-state index in [0.29, 0.717) is 28.5 Å². The Bertz CT molecular complexity index is 764. The lowest BCUT2D eigenvalue weighted by Crippen LogP contribution is -2.26. The molecular weight excluding hydrogens is 332 g/mol. The summed E-state index contributed by atoms with van der Waals surface area (Å²) < 4.78 is 5.47. The second-order valence-corrected chi connectivity index (χ2v) is 5.53. The maximum atomic E-state index is 12.6. The van der Waals surface area contributed by atoms with E-state index in [1.165, 1.54) is 23.1 Å². The minimum Gasteiger partial charge on any atom is -0.493 e. The van der Waals surface area contributed by atoms with Crippen LogP contribution in [0.3, 0.4) is 0 Å². The van der Waals surface area contributed by atoms with Gasteiger partial charge in [0.2, 0.25) is 0 Å². The van der Waals surface area contributed by atoms with Crippen LogP contribution in [0.1, 0.15) is 22.8 Å². The first kappa shape index (κ1) is 17.7. The van der Waals surface area contributed by atoms with Crippen LogP contribution in [-0.2, 0) is 6.54 Å². The van der Waals surface area contributed by atoms with Gasteiger partial charge in [-0.1, -0.05) is 23.7 Å². The first-order chi connectivity index (χ1) is 11.4. The van der Waals surface area contributed by atoms with Crippen molar-refractivity contribution in [3.05, 3.63) is 68.7 Å². The van der Waals surface area contributed by atoms with E-state index in [0.717, 1.165) is 0 Å². The topological polar surface area (TPSA) is 72.7 Å². The van der Waals surface area contributed by atoms with Gasteiger partial charge in [0.1, 0.15) is 5.75 Å². The van der Waals surface area contributed by atoms with Crippen LogP contribution in [0, 0.1) is 10.1 Å². The third-order valence-corrected chi connectivity index (χ3v) is 3.78. The summed E-state index contributed by atoms with van der Waals surface area (Å²) in [5, 5.41) is 11.3. The molecule has 0 saturated carbocycles. The highest BCUT2D eigenvalue weighted by atomic mass is 35.5. The number of rotatable bonds is 6. The maximum Gasteiger partial charge on any atom is 0.269 e. The number of non-ortho nitro benzene ring substituents is 1. The highest BCUT2D eigenvalue weighted by Crippen LogP contribution is 2.25. The van der Waals surface area contributed by atoms with Crippen LogP contribution in [-0.4, -0.2) is 29.4 Å². The molecule has 0 saturated heterocycles. The number of hydrogen-bond acceptors (Lipinski definition) is 4. The van der Waals surface area contributed by atoms with E-state index in [-0.39, 0.29) is 18.1 Å². The van der Waals surface area contributed by atoms with E-state index in [2.05, 4.69) is 0 Å². The SMILES string of the molecule is CCOc1ccccc1C(=O)N(C)Cc1cc([N+](=O)[O-])ccc1Cl. The molecule has 0 radical (unpaired) electrons. The molecule has 0 atom stereocenters. The Kier molecular flexibility index (Phi) is 5.76. The summed E-state index contributed by atoms with van der Waals surface area (Å²) in [6.45, 7) is 2.44. The van der Waals surface area contributed by atoms with Crippen molar-refractivity contribution in [2.75, 3.05) is 13.7 Å². The van der Waals surface area contributed by atoms with E-state index in [1.54, 1.807) is 31.3 Å². The van der Waals surface area contributed by atoms with Gasteiger partial charge in [0.15, 0.2) is 0 Å². The number of carbonyl (C=O) groups excluding carboxylic acids is 1. The molecule has 2 aromatic carbocycles. The zero-order valence-corrected chi connectivity index (χ0v) is 14.1. The molecule has 0 aliphatic heterocycles. The van der Waals surface area contributed by atoms with E-state index in [9.17, 15) is 14.9 Å². The van der Waals surface area contributed by atoms with Crippen molar-refractivity contribution in [3.63, 3.8) is 0 Å². The molecule has 1 amide bonds. The number of para-hydroxylation sites is 1. The number of amides is 1. The Morgan fingerprint density at radius 1 is 1.29 bits per heavy atom. The molecule has 6 nitrogen and oxygen atoms in total. The minimum absolute atomic E-state index is 0.0648. The first-order valence-electron chi connectivity index (χ1n) is 7.34. The largest absolute Gasteiger partial charge is 0.493 e. The number of hydrogen-bond donors (Lipinski definition) is 0. The lowest BCUT2D eigenvalue weighted by atomic mass is 10.1. The van der Waals surface area contributed by atoms with Crippen LogP contribution < -0.4 is 4.74 Å². The van der Waals surface area contributed by atoms with E-state index in [4.69, 9.17) is 16.3 Å². The van der Waals surface area contributed by atoms with Crippen molar-refractivity contribution < 1.29 is 14.5 Å². The van der Waals surface area contributed by atoms with Crippen molar-refractivity contribution in [3.8, 4) is 5.75 Å². The van der Waals surface area contributed by atoms with Crippen molar-refractivity contribution in [2.24, 2.45) is 0 Å². The zero-order chi connectivity index (χ0) is 17.7. The lowest BCUT2D eigenvalue weighted by molar-refractivity contribution is -0.384. The summed E-state index contributed by atoms with van der Waals surface area (Å²) >= 11 is 6.09. The number of nitro groups is 1. The Labute approximate surface area is 144 Å². The summed E-state index contributed by atoms with van der Waals surface area (Å²) in [6, 6.07) is 11.1. The molecule has 0 fully saturated rings. The molecule has 0 spiro atoms. The van der Waals surface area contributed by atoms with E-state index in [1.807, 2.05) is 6.92 Å². The van der Waals surface area contributed by atoms with Gasteiger partial charge >= 0.3 is 0 Å². The van der Waals surface area contributed by atoms with Crippen molar-refractivity contribution in [1.29, 1.82) is 0 Å². The fourth-order valence-electron chi connectivity index (χ4n) is 2.25. The van der Waals surface area contributed by atoms with Crippen molar-refractivity contribution in [2.45, 2.75) is 13.5 Å². The zero-order valence-electron chi connectivity index (χ0n) is 13.4. The van der Waals surface area contributed by atoms with Crippen LogP contribution in [0.4, 0.5) is 5.69 Å². The van der Waals surface area contributed by atoms with Gasteiger partial charge < -0.3 is 9.64 Å². The van der Waals surface area contributed by atoms with Gasteiger partial charge in [-0.15, -0.1) is 0 Å². The van der Waals surface area contributed by atoms with Gasteiger partial charge in [0.05, 0.1) is 17.1 Å². The predicted octanol–water partition coefficient (Wildman–Crippen LogP) is 3.92. The third kappa shape index (κ3) is 4.02. The predicted molar refractivity (Wildman–Crippen MR) is 91.5 cm³/mol. The standard InChI is InChI=1S/C17H17ClN2O4/c1-3-24-16-7-5-4-6-14(16)17(21)19(2)11-12-10-13(20(22)23)8-9-15(12)18/h4-10H,3,11H2,1-2H3. The highest BCUT2D eigenvalue weighted by molar-refractivity contribution is 6.31. The number of nitro benzene ring substituents is 1. The van der Waals surface area contributed by atoms with E-state index < -0.39 is 4.92 Å². The number of ether oxygens (including phenoxy) is 1. The molecule has 0 heterocycles. The van der Waals surface area contributed by atoms with Crippen molar-refractivity contribution >= 4 is 23.2 Å². The third-order valence-electron chi connectivity index (χ3n) is 3.41. The number of nitrogens with zero attached hydrogens (tertiary/aromatic N) is 2. The number of carbonyl (C=O) groups is 1. The Morgan fingerprint density at radius 2 is 2.00 bits per heavy atom. The Balaban J connectivity index is 2.24. The van der Waals surface area contributed by atoms with Gasteiger partial charge in [-0.05, 0) is 30.7 Å². The molecule has 0 unspecified atom stereocenters. The van der Waals surface area contributed by atoms with Gasteiger partial charge in [0.25, 0.3) is 11.6 Å². The summed E-state index contributed by atoms with van der Waals surface area (Å²) in [7, 11) is 1.61. The lowest BCUT2D eigenvalue weighted by Gasteiger charge is -2.19. The average Bonchev–Trinajstić information content (AvgIpc) is 2.56. The highest BCUT2D eigenvalue weighted by Gasteiger charge is 2.18. The number of benzene rings is 2. The minimum atomic E-state index is -0.494. The fraction of sp³-hybridized carbons (Fsp3) is 0.235. The van der Waals surface area contributed by atoms with Gasteiger partial charge in [-0.2, -0.15) is 0 Å². The molecule has 7 heteroatoms. The molecule has 0 aromatic heterocycles. The summed E-state index contributed by atoms with van der Waals surface area (Å²) in [5.41, 5.74) is 0.879. The summed E-state index contributed by atoms with van der Waals surface area (Å²) in [6.07, 6.45) is 0. The van der Waals surface area contributed by atoms with Crippen LogP contribution in [0.2, 0.25) is 5.02 Å². The van der Waals surface area contributed by atoms with Gasteiger partial charge in [0, 0.05) is 30.7 Å². The van der Waals surface area contributed by atoms with Crippen LogP contribution in [0.15, 0.2) is 42.5 Å². The van der Waals surface area contributed by atoms with Crippen LogP contribution >= 0.6 is 11.6 Å². The van der Waals surface area contributed by atoms with Crippen molar-refractivity contribution in [1.82, 2.24) is 4.90 Å². The monoisotopic (exact) mass is 348 g/mol. The molecule has 0 aliphatic carbocycles. The molecule has 0 N–H and O–H groups in total. The molecule has 2 rings (SSSR count). The van der Waals surface area contributed by atoms with Crippen LogP contribution in [0.5, 0.6) is 5.75 Å². The molecule has 0 aliphatic rings. The molecule has 0 bridgehead atoms. The van der Waals surface area contributed by atoms with E-state index >= 15 is 0 Å². The average molecular weight is 349 g/mol. The Hall–Kier alpha value is -2.60. The summed E-state index contributed by atoms with van der Waals surface area (Å²) in [4.78, 5) is 24.5. The quantitative estimate of drug-likeness (QED) is 0.586.